The molecule has 0 unspecified atom stereocenters. The molecule has 1 aromatic carbocycles. The first-order valence-electron chi connectivity index (χ1n) is 5.26. The summed E-state index contributed by atoms with van der Waals surface area (Å²) in [6.07, 6.45) is 0. The van der Waals surface area contributed by atoms with E-state index in [1.165, 1.54) is 6.07 Å². The van der Waals surface area contributed by atoms with Crippen molar-refractivity contribution in [3.63, 3.8) is 0 Å². The predicted octanol–water partition coefficient (Wildman–Crippen LogP) is 0.874. The Labute approximate surface area is 98.6 Å². The zero-order valence-electron chi connectivity index (χ0n) is 9.38. The predicted molar refractivity (Wildman–Crippen MR) is 62.9 cm³/mol. The standard InChI is InChI=1S/C11H12N4O2/c1-14(9-6-13-7-9)10-4-2-3-8(5-12)11(10)15(16)17/h2-4,9,13H,6-7H2,1H3. The molecule has 0 spiro atoms. The van der Waals surface area contributed by atoms with E-state index >= 15 is 0 Å². The molecule has 1 aliphatic rings. The molecular weight excluding hydrogens is 220 g/mol. The van der Waals surface area contributed by atoms with Crippen molar-refractivity contribution in [2.75, 3.05) is 25.0 Å². The van der Waals surface area contributed by atoms with Crippen LogP contribution in [0.3, 0.4) is 0 Å². The summed E-state index contributed by atoms with van der Waals surface area (Å²) in [5.74, 6) is 0. The van der Waals surface area contributed by atoms with E-state index in [1.54, 1.807) is 12.1 Å². The van der Waals surface area contributed by atoms with Crippen molar-refractivity contribution in [3.05, 3.63) is 33.9 Å². The van der Waals surface area contributed by atoms with Gasteiger partial charge in [-0.3, -0.25) is 10.1 Å². The minimum atomic E-state index is -0.490. The first kappa shape index (κ1) is 11.4. The molecule has 0 atom stereocenters. The Morgan fingerprint density at radius 1 is 1.59 bits per heavy atom. The summed E-state index contributed by atoms with van der Waals surface area (Å²) < 4.78 is 0. The molecule has 1 heterocycles. The van der Waals surface area contributed by atoms with Crippen LogP contribution in [-0.2, 0) is 0 Å². The Balaban J connectivity index is 2.45. The highest BCUT2D eigenvalue weighted by Gasteiger charge is 2.28. The second-order valence-electron chi connectivity index (χ2n) is 3.97. The first-order chi connectivity index (χ1) is 8.15. The van der Waals surface area contributed by atoms with E-state index in [0.717, 1.165) is 13.1 Å². The van der Waals surface area contributed by atoms with Crippen LogP contribution in [0, 0.1) is 21.4 Å². The number of nitrogens with zero attached hydrogens (tertiary/aromatic N) is 3. The summed E-state index contributed by atoms with van der Waals surface area (Å²) in [5, 5.41) is 23.1. The van der Waals surface area contributed by atoms with E-state index < -0.39 is 4.92 Å². The zero-order valence-corrected chi connectivity index (χ0v) is 9.38. The number of nitro groups is 1. The minimum Gasteiger partial charge on any atom is -0.363 e. The number of nitro benzene ring substituents is 1. The molecule has 1 saturated heterocycles. The lowest BCUT2D eigenvalue weighted by Gasteiger charge is -2.36. The number of hydrogen-bond donors (Lipinski definition) is 1. The number of rotatable bonds is 3. The number of likely N-dealkylation sites (N-methyl/N-ethyl adjacent to an activating group) is 1. The average molecular weight is 232 g/mol. The second kappa shape index (κ2) is 4.39. The maximum atomic E-state index is 11.0. The maximum Gasteiger partial charge on any atom is 0.310 e. The highest BCUT2D eigenvalue weighted by Crippen LogP contribution is 2.32. The van der Waals surface area contributed by atoms with Crippen LogP contribution < -0.4 is 10.2 Å². The fourth-order valence-electron chi connectivity index (χ4n) is 1.84. The highest BCUT2D eigenvalue weighted by molar-refractivity contribution is 5.70. The van der Waals surface area contributed by atoms with Crippen LogP contribution in [0.25, 0.3) is 0 Å². The number of nitrogens with one attached hydrogen (secondary N) is 1. The van der Waals surface area contributed by atoms with E-state index in [9.17, 15) is 10.1 Å². The second-order valence-corrected chi connectivity index (χ2v) is 3.97. The van der Waals surface area contributed by atoms with Gasteiger partial charge in [0.05, 0.1) is 11.0 Å². The van der Waals surface area contributed by atoms with Gasteiger partial charge in [-0.1, -0.05) is 6.07 Å². The fraction of sp³-hybridized carbons (Fsp3) is 0.364. The molecule has 0 aliphatic carbocycles. The van der Waals surface area contributed by atoms with E-state index in [0.29, 0.717) is 5.69 Å². The topological polar surface area (TPSA) is 82.2 Å². The molecule has 88 valence electrons. The summed E-state index contributed by atoms with van der Waals surface area (Å²) in [6.45, 7) is 1.62. The third-order valence-electron chi connectivity index (χ3n) is 3.01. The molecule has 17 heavy (non-hydrogen) atoms. The van der Waals surface area contributed by atoms with Crippen LogP contribution in [0.5, 0.6) is 0 Å². The third kappa shape index (κ3) is 1.92. The lowest BCUT2D eigenvalue weighted by Crippen LogP contribution is -2.56. The van der Waals surface area contributed by atoms with Crippen molar-refractivity contribution < 1.29 is 4.92 Å². The monoisotopic (exact) mass is 232 g/mol. The van der Waals surface area contributed by atoms with Crippen molar-refractivity contribution in [1.29, 1.82) is 5.26 Å². The Morgan fingerprint density at radius 2 is 2.29 bits per heavy atom. The molecular formula is C11H12N4O2. The van der Waals surface area contributed by atoms with Gasteiger partial charge >= 0.3 is 5.69 Å². The third-order valence-corrected chi connectivity index (χ3v) is 3.01. The quantitative estimate of drug-likeness (QED) is 0.617. The fourth-order valence-corrected chi connectivity index (χ4v) is 1.84. The molecule has 0 radical (unpaired) electrons. The van der Waals surface area contributed by atoms with Gasteiger partial charge in [-0.15, -0.1) is 0 Å². The van der Waals surface area contributed by atoms with E-state index in [4.69, 9.17) is 5.26 Å². The molecule has 0 aromatic heterocycles. The van der Waals surface area contributed by atoms with Gasteiger partial charge in [0.2, 0.25) is 0 Å². The molecule has 0 saturated carbocycles. The number of nitriles is 1. The molecule has 1 N–H and O–H groups in total. The number of benzene rings is 1. The molecule has 2 rings (SSSR count). The molecule has 0 amide bonds. The smallest absolute Gasteiger partial charge is 0.310 e. The van der Waals surface area contributed by atoms with E-state index in [1.807, 2.05) is 18.0 Å². The van der Waals surface area contributed by atoms with Gasteiger partial charge in [0.25, 0.3) is 0 Å². The van der Waals surface area contributed by atoms with Gasteiger partial charge in [-0.05, 0) is 12.1 Å². The van der Waals surface area contributed by atoms with Crippen molar-refractivity contribution in [2.45, 2.75) is 6.04 Å². The summed E-state index contributed by atoms with van der Waals surface area (Å²) >= 11 is 0. The first-order valence-corrected chi connectivity index (χ1v) is 5.26. The van der Waals surface area contributed by atoms with Crippen LogP contribution in [0.2, 0.25) is 0 Å². The summed E-state index contributed by atoms with van der Waals surface area (Å²) in [5.41, 5.74) is 0.497. The molecule has 6 nitrogen and oxygen atoms in total. The Morgan fingerprint density at radius 3 is 2.76 bits per heavy atom. The Kier molecular flexibility index (Phi) is 2.93. The van der Waals surface area contributed by atoms with Gasteiger partial charge in [0.1, 0.15) is 17.3 Å². The molecule has 1 aliphatic heterocycles. The van der Waals surface area contributed by atoms with Crippen LogP contribution in [0.15, 0.2) is 18.2 Å². The normalized spacial score (nSPS) is 14.8. The lowest BCUT2D eigenvalue weighted by atomic mass is 10.1. The summed E-state index contributed by atoms with van der Waals surface area (Å²) in [6, 6.07) is 6.93. The average Bonchev–Trinajstić information content (AvgIpc) is 2.25. The zero-order chi connectivity index (χ0) is 12.4. The highest BCUT2D eigenvalue weighted by atomic mass is 16.6. The lowest BCUT2D eigenvalue weighted by molar-refractivity contribution is -0.384. The summed E-state index contributed by atoms with van der Waals surface area (Å²) in [7, 11) is 1.81. The van der Waals surface area contributed by atoms with E-state index in [2.05, 4.69) is 5.32 Å². The van der Waals surface area contributed by atoms with Gasteiger partial charge in [-0.25, -0.2) is 0 Å². The molecule has 0 bridgehead atoms. The summed E-state index contributed by atoms with van der Waals surface area (Å²) in [4.78, 5) is 12.4. The van der Waals surface area contributed by atoms with Crippen LogP contribution in [0.4, 0.5) is 11.4 Å². The van der Waals surface area contributed by atoms with Crippen LogP contribution in [-0.4, -0.2) is 31.1 Å². The van der Waals surface area contributed by atoms with Crippen LogP contribution >= 0.6 is 0 Å². The van der Waals surface area contributed by atoms with Gasteiger partial charge in [0, 0.05) is 20.1 Å². The van der Waals surface area contributed by atoms with Crippen LogP contribution in [0.1, 0.15) is 5.56 Å². The molecule has 6 heteroatoms. The number of anilines is 1. The van der Waals surface area contributed by atoms with Gasteiger partial charge in [0.15, 0.2) is 0 Å². The van der Waals surface area contributed by atoms with E-state index in [-0.39, 0.29) is 17.3 Å². The Bertz CT molecular complexity index is 491. The van der Waals surface area contributed by atoms with Crippen molar-refractivity contribution in [3.8, 4) is 6.07 Å². The SMILES string of the molecule is CN(c1cccc(C#N)c1[N+](=O)[O-])C1CNC1. The van der Waals surface area contributed by atoms with Crippen molar-refractivity contribution >= 4 is 11.4 Å². The minimum absolute atomic E-state index is 0.103. The number of para-hydroxylation sites is 1. The molecule has 1 aromatic rings. The Hall–Kier alpha value is -2.13. The maximum absolute atomic E-state index is 11.0. The van der Waals surface area contributed by atoms with Gasteiger partial charge < -0.3 is 10.2 Å². The van der Waals surface area contributed by atoms with Crippen molar-refractivity contribution in [2.24, 2.45) is 0 Å². The number of hydrogen-bond acceptors (Lipinski definition) is 5. The largest absolute Gasteiger partial charge is 0.363 e. The van der Waals surface area contributed by atoms with Gasteiger partial charge in [-0.2, -0.15) is 5.26 Å². The van der Waals surface area contributed by atoms with Crippen molar-refractivity contribution in [1.82, 2.24) is 5.32 Å². The molecule has 1 fully saturated rings.